The molecule has 0 bridgehead atoms. The lowest BCUT2D eigenvalue weighted by Crippen LogP contribution is -2.29. The molecule has 6 nitrogen and oxygen atoms in total. The zero-order valence-electron chi connectivity index (χ0n) is 19.9. The molecule has 0 saturated carbocycles. The normalized spacial score (nSPS) is 20.6. The van der Waals surface area contributed by atoms with Crippen molar-refractivity contribution in [2.24, 2.45) is 0 Å². The van der Waals surface area contributed by atoms with E-state index in [2.05, 4.69) is 6.92 Å². The molecule has 1 saturated heterocycles. The first-order valence-electron chi connectivity index (χ1n) is 11.7. The number of carbonyl (C=O) groups is 2. The highest BCUT2D eigenvalue weighted by Gasteiger charge is 2.47. The lowest BCUT2D eigenvalue weighted by molar-refractivity contribution is -0.132. The van der Waals surface area contributed by atoms with E-state index in [1.165, 1.54) is 4.90 Å². The van der Waals surface area contributed by atoms with E-state index in [0.29, 0.717) is 29.0 Å². The van der Waals surface area contributed by atoms with Gasteiger partial charge in [-0.3, -0.25) is 14.5 Å². The third-order valence-corrected chi connectivity index (χ3v) is 6.65. The van der Waals surface area contributed by atoms with Gasteiger partial charge in [-0.25, -0.2) is 0 Å². The maximum absolute atomic E-state index is 13.4. The van der Waals surface area contributed by atoms with Gasteiger partial charge in [-0.15, -0.1) is 0 Å². The number of methoxy groups -OCH3 is 1. The Kier molecular flexibility index (Phi) is 5.81. The van der Waals surface area contributed by atoms with E-state index in [-0.39, 0.29) is 17.4 Å². The van der Waals surface area contributed by atoms with Crippen molar-refractivity contribution in [3.63, 3.8) is 0 Å². The smallest absolute Gasteiger partial charge is 0.300 e. The Bertz CT molecular complexity index is 1340. The number of ketones is 1. The highest BCUT2D eigenvalue weighted by molar-refractivity contribution is 6.51. The molecule has 3 aromatic rings. The minimum absolute atomic E-state index is 0.0507. The SMILES string of the molecule is CCc1ccc(N2C(=O)C(=O)/C(=C(\O)c3ccc4c(c3)CC(C)O4)C2c2cccc(OC)c2)cc1. The van der Waals surface area contributed by atoms with Crippen LogP contribution in [0.15, 0.2) is 72.3 Å². The Hall–Kier alpha value is -4.06. The standard InChI is InChI=1S/C29H27NO5/c1-4-18-8-11-22(12-9-18)30-26(19-6-5-7-23(16-19)34-3)25(28(32)29(30)33)27(31)20-10-13-24-21(15-20)14-17(2)35-24/h5-13,15-17,26,31H,4,14H2,1-3H3/b27-25-. The second-order valence-corrected chi connectivity index (χ2v) is 8.92. The predicted molar refractivity (Wildman–Crippen MR) is 134 cm³/mol. The van der Waals surface area contributed by atoms with Gasteiger partial charge in [-0.05, 0) is 72.5 Å². The number of ether oxygens (including phenoxy) is 2. The molecule has 2 unspecified atom stereocenters. The number of amides is 1. The molecule has 1 amide bonds. The van der Waals surface area contributed by atoms with Crippen molar-refractivity contribution in [1.82, 2.24) is 0 Å². The lowest BCUT2D eigenvalue weighted by atomic mass is 9.94. The van der Waals surface area contributed by atoms with Crippen LogP contribution in [0.5, 0.6) is 11.5 Å². The van der Waals surface area contributed by atoms with Crippen LogP contribution in [-0.4, -0.2) is 30.0 Å². The molecule has 1 fully saturated rings. The third-order valence-electron chi connectivity index (χ3n) is 6.65. The minimum atomic E-state index is -0.805. The number of benzene rings is 3. The Morgan fingerprint density at radius 1 is 1.09 bits per heavy atom. The fourth-order valence-corrected chi connectivity index (χ4v) is 4.84. The molecule has 1 N–H and O–H groups in total. The summed E-state index contributed by atoms with van der Waals surface area (Å²) in [6, 6.07) is 19.3. The molecular weight excluding hydrogens is 442 g/mol. The van der Waals surface area contributed by atoms with Crippen LogP contribution >= 0.6 is 0 Å². The first-order valence-corrected chi connectivity index (χ1v) is 11.7. The average Bonchev–Trinajstić information content (AvgIpc) is 3.39. The van der Waals surface area contributed by atoms with E-state index >= 15 is 0 Å². The number of rotatable bonds is 5. The van der Waals surface area contributed by atoms with Crippen molar-refractivity contribution in [2.45, 2.75) is 38.8 Å². The first-order chi connectivity index (χ1) is 16.9. The summed E-state index contributed by atoms with van der Waals surface area (Å²) in [6.45, 7) is 4.04. The summed E-state index contributed by atoms with van der Waals surface area (Å²) in [4.78, 5) is 28.2. The average molecular weight is 470 g/mol. The van der Waals surface area contributed by atoms with Gasteiger partial charge in [0, 0.05) is 17.7 Å². The van der Waals surface area contributed by atoms with Gasteiger partial charge in [0.1, 0.15) is 23.4 Å². The van der Waals surface area contributed by atoms with Gasteiger partial charge in [0.05, 0.1) is 18.7 Å². The number of aryl methyl sites for hydroxylation is 1. The number of fused-ring (bicyclic) bond motifs is 1. The molecule has 3 aromatic carbocycles. The van der Waals surface area contributed by atoms with Crippen molar-refractivity contribution >= 4 is 23.1 Å². The van der Waals surface area contributed by atoms with E-state index in [4.69, 9.17) is 9.47 Å². The molecule has 2 heterocycles. The maximum atomic E-state index is 13.4. The first kappa shape index (κ1) is 22.7. The van der Waals surface area contributed by atoms with Crippen LogP contribution in [0.2, 0.25) is 0 Å². The number of aliphatic hydroxyl groups excluding tert-OH is 1. The quantitative estimate of drug-likeness (QED) is 0.316. The predicted octanol–water partition coefficient (Wildman–Crippen LogP) is 5.21. The van der Waals surface area contributed by atoms with Crippen LogP contribution in [0.3, 0.4) is 0 Å². The molecule has 0 radical (unpaired) electrons. The van der Waals surface area contributed by atoms with Crippen LogP contribution in [0.4, 0.5) is 5.69 Å². The highest BCUT2D eigenvalue weighted by atomic mass is 16.5. The van der Waals surface area contributed by atoms with Gasteiger partial charge in [0.15, 0.2) is 0 Å². The minimum Gasteiger partial charge on any atom is -0.507 e. The number of anilines is 1. The Morgan fingerprint density at radius 3 is 2.57 bits per heavy atom. The summed E-state index contributed by atoms with van der Waals surface area (Å²) in [5.41, 5.74) is 3.88. The van der Waals surface area contributed by atoms with Gasteiger partial charge in [0.2, 0.25) is 0 Å². The lowest BCUT2D eigenvalue weighted by Gasteiger charge is -2.26. The number of carbonyl (C=O) groups excluding carboxylic acids is 2. The Balaban J connectivity index is 1.68. The Labute approximate surface area is 204 Å². The Morgan fingerprint density at radius 2 is 1.86 bits per heavy atom. The third kappa shape index (κ3) is 3.95. The molecule has 6 heteroatoms. The molecular formula is C29H27NO5. The molecule has 0 aliphatic carbocycles. The van der Waals surface area contributed by atoms with Crippen LogP contribution in [-0.2, 0) is 22.4 Å². The molecule has 0 spiro atoms. The van der Waals surface area contributed by atoms with Crippen molar-refractivity contribution in [2.75, 3.05) is 12.0 Å². The molecule has 2 atom stereocenters. The number of hydrogen-bond acceptors (Lipinski definition) is 5. The fraction of sp³-hybridized carbons (Fsp3) is 0.241. The van der Waals surface area contributed by atoms with Crippen molar-refractivity contribution in [1.29, 1.82) is 0 Å². The monoisotopic (exact) mass is 469 g/mol. The van der Waals surface area contributed by atoms with Gasteiger partial charge < -0.3 is 14.6 Å². The van der Waals surface area contributed by atoms with E-state index < -0.39 is 17.7 Å². The number of hydrogen-bond donors (Lipinski definition) is 1. The summed E-state index contributed by atoms with van der Waals surface area (Å²) in [5, 5.41) is 11.4. The van der Waals surface area contributed by atoms with Crippen LogP contribution in [0.1, 0.15) is 42.1 Å². The second kappa shape index (κ2) is 8.95. The van der Waals surface area contributed by atoms with Gasteiger partial charge in [-0.2, -0.15) is 0 Å². The van der Waals surface area contributed by atoms with E-state index in [9.17, 15) is 14.7 Å². The largest absolute Gasteiger partial charge is 0.507 e. The number of aliphatic hydroxyl groups is 1. The molecule has 178 valence electrons. The van der Waals surface area contributed by atoms with Crippen LogP contribution in [0, 0.1) is 0 Å². The molecule has 2 aliphatic heterocycles. The van der Waals surface area contributed by atoms with Gasteiger partial charge >= 0.3 is 0 Å². The van der Waals surface area contributed by atoms with E-state index in [0.717, 1.165) is 23.3 Å². The van der Waals surface area contributed by atoms with Crippen LogP contribution < -0.4 is 14.4 Å². The second-order valence-electron chi connectivity index (χ2n) is 8.92. The maximum Gasteiger partial charge on any atom is 0.300 e. The summed E-state index contributed by atoms with van der Waals surface area (Å²) < 4.78 is 11.2. The van der Waals surface area contributed by atoms with Gasteiger partial charge in [-0.1, -0.05) is 31.2 Å². The zero-order valence-corrected chi connectivity index (χ0v) is 19.9. The molecule has 5 rings (SSSR count). The van der Waals surface area contributed by atoms with Crippen molar-refractivity contribution < 1.29 is 24.2 Å². The molecule has 2 aliphatic rings. The summed E-state index contributed by atoms with van der Waals surface area (Å²) in [6.07, 6.45) is 1.63. The summed E-state index contributed by atoms with van der Waals surface area (Å²) in [7, 11) is 1.56. The van der Waals surface area contributed by atoms with Crippen molar-refractivity contribution in [3.05, 3.63) is 94.6 Å². The van der Waals surface area contributed by atoms with Crippen molar-refractivity contribution in [3.8, 4) is 11.5 Å². The topological polar surface area (TPSA) is 76.1 Å². The zero-order chi connectivity index (χ0) is 24.7. The van der Waals surface area contributed by atoms with Crippen LogP contribution in [0.25, 0.3) is 5.76 Å². The summed E-state index contributed by atoms with van der Waals surface area (Å²) >= 11 is 0. The number of Topliss-reactive ketones (excluding diaryl/α,β-unsaturated/α-hetero) is 1. The van der Waals surface area contributed by atoms with Gasteiger partial charge in [0.25, 0.3) is 11.7 Å². The number of nitrogens with zero attached hydrogens (tertiary/aromatic N) is 1. The fourth-order valence-electron chi connectivity index (χ4n) is 4.84. The molecule has 35 heavy (non-hydrogen) atoms. The van der Waals surface area contributed by atoms with E-state index in [1.807, 2.05) is 49.4 Å². The highest BCUT2D eigenvalue weighted by Crippen LogP contribution is 2.43. The summed E-state index contributed by atoms with van der Waals surface area (Å²) in [5.74, 6) is -0.235. The van der Waals surface area contributed by atoms with E-state index in [1.54, 1.807) is 31.4 Å². The molecule has 0 aromatic heterocycles.